The Hall–Kier alpha value is -3.08. The maximum absolute atomic E-state index is 11.8. The predicted molar refractivity (Wildman–Crippen MR) is 85.5 cm³/mol. The molecule has 0 aliphatic carbocycles. The van der Waals surface area contributed by atoms with E-state index in [9.17, 15) is 4.79 Å². The normalized spacial score (nSPS) is 10.4. The number of aromatic nitrogens is 2. The van der Waals surface area contributed by atoms with Gasteiger partial charge in [0.25, 0.3) is 5.56 Å². The molecular formula is C17H15N3O2. The molecule has 1 heterocycles. The second-order valence-corrected chi connectivity index (χ2v) is 4.80. The molecular weight excluding hydrogens is 278 g/mol. The number of nitrogen functional groups attached to an aromatic ring is 1. The fraction of sp³-hybridized carbons (Fsp3) is 0.0588. The Balaban J connectivity index is 1.85. The minimum atomic E-state index is -0.223. The second kappa shape index (κ2) is 6.13. The maximum Gasteiger partial charge on any atom is 0.251 e. The molecule has 110 valence electrons. The zero-order valence-electron chi connectivity index (χ0n) is 11.8. The Bertz CT molecular complexity index is 829. The lowest BCUT2D eigenvalue weighted by atomic mass is 10.1. The number of H-pyrrole nitrogens is 1. The molecule has 3 N–H and O–H groups in total. The molecule has 0 fully saturated rings. The quantitative estimate of drug-likeness (QED) is 0.724. The van der Waals surface area contributed by atoms with Crippen molar-refractivity contribution >= 4 is 5.69 Å². The van der Waals surface area contributed by atoms with Crippen molar-refractivity contribution in [3.8, 4) is 17.0 Å². The standard InChI is InChI=1S/C17H15N3O2/c18-13-6-4-5-12(9-13)15-10-17(21)20-16(19-15)11-22-14-7-2-1-3-8-14/h1-10H,11,18H2,(H,19,20,21). The van der Waals surface area contributed by atoms with Crippen LogP contribution >= 0.6 is 0 Å². The van der Waals surface area contributed by atoms with Crippen LogP contribution in [0.3, 0.4) is 0 Å². The predicted octanol–water partition coefficient (Wildman–Crippen LogP) is 2.60. The van der Waals surface area contributed by atoms with Gasteiger partial charge in [0.05, 0.1) is 5.69 Å². The van der Waals surface area contributed by atoms with Crippen molar-refractivity contribution < 1.29 is 4.74 Å². The maximum atomic E-state index is 11.8. The molecule has 0 unspecified atom stereocenters. The van der Waals surface area contributed by atoms with Crippen molar-refractivity contribution in [1.29, 1.82) is 0 Å². The Morgan fingerprint density at radius 3 is 2.64 bits per heavy atom. The molecule has 0 saturated heterocycles. The van der Waals surface area contributed by atoms with Crippen LogP contribution in [0.25, 0.3) is 11.3 Å². The molecule has 0 aliphatic heterocycles. The largest absolute Gasteiger partial charge is 0.486 e. The molecule has 1 aromatic heterocycles. The van der Waals surface area contributed by atoms with E-state index in [-0.39, 0.29) is 12.2 Å². The molecule has 5 nitrogen and oxygen atoms in total. The van der Waals surface area contributed by atoms with Gasteiger partial charge in [-0.1, -0.05) is 30.3 Å². The summed E-state index contributed by atoms with van der Waals surface area (Å²) in [7, 11) is 0. The molecule has 0 saturated carbocycles. The molecule has 0 atom stereocenters. The molecule has 5 heteroatoms. The summed E-state index contributed by atoms with van der Waals surface area (Å²) in [6.45, 7) is 0.190. The summed E-state index contributed by atoms with van der Waals surface area (Å²) in [5, 5.41) is 0. The second-order valence-electron chi connectivity index (χ2n) is 4.80. The van der Waals surface area contributed by atoms with E-state index in [1.807, 2.05) is 42.5 Å². The average Bonchev–Trinajstić information content (AvgIpc) is 2.53. The highest BCUT2D eigenvalue weighted by molar-refractivity contribution is 5.63. The van der Waals surface area contributed by atoms with Crippen molar-refractivity contribution in [3.63, 3.8) is 0 Å². The molecule has 0 spiro atoms. The third-order valence-corrected chi connectivity index (χ3v) is 3.09. The number of ether oxygens (including phenoxy) is 1. The van der Waals surface area contributed by atoms with Crippen LogP contribution in [0.5, 0.6) is 5.75 Å². The topological polar surface area (TPSA) is 81.0 Å². The zero-order valence-corrected chi connectivity index (χ0v) is 11.8. The van der Waals surface area contributed by atoms with Crippen LogP contribution < -0.4 is 16.0 Å². The Kier molecular flexibility index (Phi) is 3.87. The van der Waals surface area contributed by atoms with E-state index >= 15 is 0 Å². The van der Waals surface area contributed by atoms with Gasteiger partial charge in [0.15, 0.2) is 0 Å². The Morgan fingerprint density at radius 2 is 1.86 bits per heavy atom. The summed E-state index contributed by atoms with van der Waals surface area (Å²) in [6.07, 6.45) is 0. The van der Waals surface area contributed by atoms with Gasteiger partial charge in [0.2, 0.25) is 0 Å². The van der Waals surface area contributed by atoms with Crippen molar-refractivity contribution in [1.82, 2.24) is 9.97 Å². The van der Waals surface area contributed by atoms with Gasteiger partial charge in [-0.25, -0.2) is 4.98 Å². The lowest BCUT2D eigenvalue weighted by Gasteiger charge is -2.07. The SMILES string of the molecule is Nc1cccc(-c2cc(=O)[nH]c(COc3ccccc3)n2)c1. The monoisotopic (exact) mass is 293 g/mol. The summed E-state index contributed by atoms with van der Waals surface area (Å²) in [4.78, 5) is 18.9. The van der Waals surface area contributed by atoms with Gasteiger partial charge in [0, 0.05) is 17.3 Å². The third kappa shape index (κ3) is 3.32. The summed E-state index contributed by atoms with van der Waals surface area (Å²) in [6, 6.07) is 18.1. The van der Waals surface area contributed by atoms with Crippen LogP contribution in [0.1, 0.15) is 5.82 Å². The number of anilines is 1. The summed E-state index contributed by atoms with van der Waals surface area (Å²) in [5.74, 6) is 1.19. The number of para-hydroxylation sites is 1. The van der Waals surface area contributed by atoms with Crippen LogP contribution in [-0.4, -0.2) is 9.97 Å². The summed E-state index contributed by atoms with van der Waals surface area (Å²) < 4.78 is 5.60. The number of rotatable bonds is 4. The van der Waals surface area contributed by atoms with E-state index in [2.05, 4.69) is 9.97 Å². The minimum absolute atomic E-state index is 0.190. The van der Waals surface area contributed by atoms with E-state index in [1.54, 1.807) is 12.1 Å². The van der Waals surface area contributed by atoms with E-state index in [0.717, 1.165) is 11.3 Å². The number of nitrogens with zero attached hydrogens (tertiary/aromatic N) is 1. The fourth-order valence-electron chi connectivity index (χ4n) is 2.09. The lowest BCUT2D eigenvalue weighted by molar-refractivity contribution is 0.295. The molecule has 2 aromatic carbocycles. The minimum Gasteiger partial charge on any atom is -0.486 e. The van der Waals surface area contributed by atoms with Gasteiger partial charge in [-0.3, -0.25) is 4.79 Å². The van der Waals surface area contributed by atoms with Gasteiger partial charge in [-0.15, -0.1) is 0 Å². The molecule has 0 radical (unpaired) electrons. The molecule has 22 heavy (non-hydrogen) atoms. The van der Waals surface area contributed by atoms with E-state index in [0.29, 0.717) is 17.2 Å². The summed E-state index contributed by atoms with van der Waals surface area (Å²) >= 11 is 0. The van der Waals surface area contributed by atoms with E-state index in [4.69, 9.17) is 10.5 Å². The third-order valence-electron chi connectivity index (χ3n) is 3.09. The first kappa shape index (κ1) is 13.9. The van der Waals surface area contributed by atoms with E-state index in [1.165, 1.54) is 6.07 Å². The highest BCUT2D eigenvalue weighted by Gasteiger charge is 2.05. The van der Waals surface area contributed by atoms with Gasteiger partial charge in [-0.05, 0) is 24.3 Å². The first-order valence-electron chi connectivity index (χ1n) is 6.85. The zero-order chi connectivity index (χ0) is 15.4. The van der Waals surface area contributed by atoms with Crippen LogP contribution in [0, 0.1) is 0 Å². The Morgan fingerprint density at radius 1 is 1.05 bits per heavy atom. The van der Waals surface area contributed by atoms with Crippen LogP contribution in [0.2, 0.25) is 0 Å². The van der Waals surface area contributed by atoms with Crippen molar-refractivity contribution in [2.45, 2.75) is 6.61 Å². The Labute approximate surface area is 127 Å². The first-order valence-corrected chi connectivity index (χ1v) is 6.85. The molecule has 3 rings (SSSR count). The highest BCUT2D eigenvalue weighted by Crippen LogP contribution is 2.18. The van der Waals surface area contributed by atoms with Crippen molar-refractivity contribution in [2.75, 3.05) is 5.73 Å². The number of benzene rings is 2. The van der Waals surface area contributed by atoms with E-state index < -0.39 is 0 Å². The van der Waals surface area contributed by atoms with Crippen LogP contribution in [0.15, 0.2) is 65.5 Å². The van der Waals surface area contributed by atoms with Crippen molar-refractivity contribution in [3.05, 3.63) is 76.8 Å². The fourth-order valence-corrected chi connectivity index (χ4v) is 2.09. The first-order chi connectivity index (χ1) is 10.7. The molecule has 0 bridgehead atoms. The van der Waals surface area contributed by atoms with Gasteiger partial charge in [-0.2, -0.15) is 0 Å². The van der Waals surface area contributed by atoms with Gasteiger partial charge < -0.3 is 15.5 Å². The highest BCUT2D eigenvalue weighted by atomic mass is 16.5. The number of hydrogen-bond donors (Lipinski definition) is 2. The lowest BCUT2D eigenvalue weighted by Crippen LogP contribution is -2.13. The molecule has 0 amide bonds. The summed E-state index contributed by atoms with van der Waals surface area (Å²) in [5.41, 5.74) is 7.54. The van der Waals surface area contributed by atoms with Crippen LogP contribution in [-0.2, 0) is 6.61 Å². The molecule has 3 aromatic rings. The number of nitrogens with two attached hydrogens (primary N) is 1. The number of nitrogens with one attached hydrogen (secondary N) is 1. The smallest absolute Gasteiger partial charge is 0.251 e. The van der Waals surface area contributed by atoms with Gasteiger partial charge >= 0.3 is 0 Å². The number of hydrogen-bond acceptors (Lipinski definition) is 4. The number of aromatic amines is 1. The van der Waals surface area contributed by atoms with Crippen LogP contribution in [0.4, 0.5) is 5.69 Å². The van der Waals surface area contributed by atoms with Gasteiger partial charge in [0.1, 0.15) is 18.2 Å². The molecule has 0 aliphatic rings. The van der Waals surface area contributed by atoms with Crippen molar-refractivity contribution in [2.24, 2.45) is 0 Å². The average molecular weight is 293 g/mol.